The minimum atomic E-state index is -0.131. The molecule has 0 bridgehead atoms. The van der Waals surface area contributed by atoms with Gasteiger partial charge in [-0.3, -0.25) is 4.79 Å². The predicted molar refractivity (Wildman–Crippen MR) is 92.0 cm³/mol. The quantitative estimate of drug-likeness (QED) is 0.904. The molecule has 4 heteroatoms. The number of benzene rings is 2. The van der Waals surface area contributed by atoms with E-state index in [0.29, 0.717) is 10.6 Å². The molecule has 0 radical (unpaired) electrons. The lowest BCUT2D eigenvalue weighted by molar-refractivity contribution is 0.102. The number of halogens is 1. The van der Waals surface area contributed by atoms with E-state index in [2.05, 4.69) is 16.3 Å². The van der Waals surface area contributed by atoms with Gasteiger partial charge in [-0.1, -0.05) is 29.8 Å². The second kappa shape index (κ2) is 6.41. The van der Waals surface area contributed by atoms with Crippen LogP contribution in [0.4, 0.5) is 11.4 Å². The number of aryl methyl sites for hydroxylation is 1. The second-order valence-electron chi connectivity index (χ2n) is 5.63. The predicted octanol–water partition coefficient (Wildman–Crippen LogP) is 4.50. The molecule has 0 saturated carbocycles. The first-order chi connectivity index (χ1) is 10.6. The highest BCUT2D eigenvalue weighted by molar-refractivity contribution is 6.31. The first-order valence-electron chi connectivity index (χ1n) is 7.56. The van der Waals surface area contributed by atoms with E-state index in [-0.39, 0.29) is 5.91 Å². The van der Waals surface area contributed by atoms with Crippen LogP contribution in [0.2, 0.25) is 5.02 Å². The molecule has 1 saturated heterocycles. The van der Waals surface area contributed by atoms with Crippen LogP contribution >= 0.6 is 11.6 Å². The molecule has 114 valence electrons. The Balaban J connectivity index is 1.83. The van der Waals surface area contributed by atoms with Crippen molar-refractivity contribution in [3.63, 3.8) is 0 Å². The summed E-state index contributed by atoms with van der Waals surface area (Å²) in [6.07, 6.45) is 2.41. The molecule has 0 spiro atoms. The van der Waals surface area contributed by atoms with Crippen LogP contribution in [0, 0.1) is 6.92 Å². The summed E-state index contributed by atoms with van der Waals surface area (Å²) in [6, 6.07) is 13.3. The molecule has 1 amide bonds. The molecule has 0 aliphatic carbocycles. The van der Waals surface area contributed by atoms with E-state index in [1.165, 1.54) is 12.8 Å². The average Bonchev–Trinajstić information content (AvgIpc) is 3.04. The van der Waals surface area contributed by atoms with E-state index in [4.69, 9.17) is 11.6 Å². The summed E-state index contributed by atoms with van der Waals surface area (Å²) in [5.41, 5.74) is 3.49. The van der Waals surface area contributed by atoms with Gasteiger partial charge >= 0.3 is 0 Å². The van der Waals surface area contributed by atoms with Gasteiger partial charge < -0.3 is 10.2 Å². The molecule has 1 fully saturated rings. The third kappa shape index (κ3) is 3.09. The van der Waals surface area contributed by atoms with E-state index < -0.39 is 0 Å². The molecule has 0 atom stereocenters. The van der Waals surface area contributed by atoms with E-state index in [1.807, 2.05) is 31.2 Å². The highest BCUT2D eigenvalue weighted by Gasteiger charge is 2.17. The monoisotopic (exact) mass is 314 g/mol. The Morgan fingerprint density at radius 1 is 1.14 bits per heavy atom. The lowest BCUT2D eigenvalue weighted by Gasteiger charge is -2.21. The molecule has 1 aliphatic rings. The van der Waals surface area contributed by atoms with Crippen LogP contribution in [0.3, 0.4) is 0 Å². The molecule has 1 aliphatic heterocycles. The van der Waals surface area contributed by atoms with Gasteiger partial charge in [0, 0.05) is 23.7 Å². The Morgan fingerprint density at radius 2 is 1.86 bits per heavy atom. The van der Waals surface area contributed by atoms with Crippen LogP contribution in [0.1, 0.15) is 28.8 Å². The molecule has 2 aromatic carbocycles. The van der Waals surface area contributed by atoms with Crippen LogP contribution in [-0.4, -0.2) is 19.0 Å². The maximum atomic E-state index is 12.5. The Morgan fingerprint density at radius 3 is 2.59 bits per heavy atom. The number of carbonyl (C=O) groups excluding carboxylic acids is 1. The largest absolute Gasteiger partial charge is 0.370 e. The molecule has 3 rings (SSSR count). The molecular weight excluding hydrogens is 296 g/mol. The van der Waals surface area contributed by atoms with Gasteiger partial charge in [-0.2, -0.15) is 0 Å². The summed E-state index contributed by atoms with van der Waals surface area (Å²) < 4.78 is 0. The minimum absolute atomic E-state index is 0.131. The van der Waals surface area contributed by atoms with Gasteiger partial charge in [-0.15, -0.1) is 0 Å². The highest BCUT2D eigenvalue weighted by Crippen LogP contribution is 2.29. The fraction of sp³-hybridized carbons (Fsp3) is 0.278. The van der Waals surface area contributed by atoms with E-state index in [9.17, 15) is 4.79 Å². The van der Waals surface area contributed by atoms with Crippen molar-refractivity contribution in [2.75, 3.05) is 23.3 Å². The van der Waals surface area contributed by atoms with E-state index in [0.717, 1.165) is 30.0 Å². The lowest BCUT2D eigenvalue weighted by Crippen LogP contribution is -2.21. The van der Waals surface area contributed by atoms with Crippen molar-refractivity contribution in [3.8, 4) is 0 Å². The summed E-state index contributed by atoms with van der Waals surface area (Å²) >= 11 is 6.11. The zero-order valence-electron chi connectivity index (χ0n) is 12.6. The van der Waals surface area contributed by atoms with Gasteiger partial charge in [0.2, 0.25) is 0 Å². The summed E-state index contributed by atoms with van der Waals surface area (Å²) in [7, 11) is 0. The average molecular weight is 315 g/mol. The normalized spacial score (nSPS) is 14.2. The van der Waals surface area contributed by atoms with Gasteiger partial charge in [-0.25, -0.2) is 0 Å². The van der Waals surface area contributed by atoms with Gasteiger partial charge in [0.25, 0.3) is 5.91 Å². The Kier molecular flexibility index (Phi) is 4.34. The number of hydrogen-bond acceptors (Lipinski definition) is 2. The summed E-state index contributed by atoms with van der Waals surface area (Å²) in [6.45, 7) is 4.01. The number of nitrogens with zero attached hydrogens (tertiary/aromatic N) is 1. The number of amides is 1. The van der Waals surface area contributed by atoms with Crippen molar-refractivity contribution < 1.29 is 4.79 Å². The fourth-order valence-electron chi connectivity index (χ4n) is 2.74. The number of para-hydroxylation sites is 2. The minimum Gasteiger partial charge on any atom is -0.370 e. The van der Waals surface area contributed by atoms with Crippen molar-refractivity contribution in [3.05, 3.63) is 58.6 Å². The Hall–Kier alpha value is -2.00. The van der Waals surface area contributed by atoms with Gasteiger partial charge in [0.15, 0.2) is 0 Å². The number of anilines is 2. The number of rotatable bonds is 3. The standard InChI is InChI=1S/C18H19ClN2O/c1-13-8-9-14(12-15(13)19)18(22)20-16-6-2-3-7-17(16)21-10-4-5-11-21/h2-3,6-9,12H,4-5,10-11H2,1H3,(H,20,22). The maximum Gasteiger partial charge on any atom is 0.255 e. The molecule has 0 aromatic heterocycles. The van der Waals surface area contributed by atoms with Crippen molar-refractivity contribution in [1.82, 2.24) is 0 Å². The SMILES string of the molecule is Cc1ccc(C(=O)Nc2ccccc2N2CCCC2)cc1Cl. The fourth-order valence-corrected chi connectivity index (χ4v) is 2.92. The zero-order valence-corrected chi connectivity index (χ0v) is 13.4. The summed E-state index contributed by atoms with van der Waals surface area (Å²) in [4.78, 5) is 14.8. The summed E-state index contributed by atoms with van der Waals surface area (Å²) in [5, 5.41) is 3.62. The van der Waals surface area contributed by atoms with Crippen molar-refractivity contribution in [2.45, 2.75) is 19.8 Å². The third-order valence-corrected chi connectivity index (χ3v) is 4.44. The molecular formula is C18H19ClN2O. The highest BCUT2D eigenvalue weighted by atomic mass is 35.5. The van der Waals surface area contributed by atoms with Crippen LogP contribution in [0.5, 0.6) is 0 Å². The van der Waals surface area contributed by atoms with Crippen molar-refractivity contribution in [2.24, 2.45) is 0 Å². The third-order valence-electron chi connectivity index (χ3n) is 4.03. The molecule has 0 unspecified atom stereocenters. The number of hydrogen-bond donors (Lipinski definition) is 1. The molecule has 3 nitrogen and oxygen atoms in total. The molecule has 2 aromatic rings. The van der Waals surface area contributed by atoms with Gasteiger partial charge in [-0.05, 0) is 49.6 Å². The molecule has 22 heavy (non-hydrogen) atoms. The first-order valence-corrected chi connectivity index (χ1v) is 7.94. The number of carbonyl (C=O) groups is 1. The lowest BCUT2D eigenvalue weighted by atomic mass is 10.1. The number of nitrogens with one attached hydrogen (secondary N) is 1. The van der Waals surface area contributed by atoms with E-state index in [1.54, 1.807) is 12.1 Å². The Labute approximate surface area is 135 Å². The van der Waals surface area contributed by atoms with Crippen LogP contribution in [0.15, 0.2) is 42.5 Å². The zero-order chi connectivity index (χ0) is 15.5. The topological polar surface area (TPSA) is 32.3 Å². The summed E-state index contributed by atoms with van der Waals surface area (Å²) in [5.74, 6) is -0.131. The van der Waals surface area contributed by atoms with Crippen molar-refractivity contribution >= 4 is 28.9 Å². The van der Waals surface area contributed by atoms with E-state index >= 15 is 0 Å². The van der Waals surface area contributed by atoms with Crippen LogP contribution in [0.25, 0.3) is 0 Å². The van der Waals surface area contributed by atoms with Gasteiger partial charge in [0.05, 0.1) is 11.4 Å². The smallest absolute Gasteiger partial charge is 0.255 e. The van der Waals surface area contributed by atoms with Crippen LogP contribution in [-0.2, 0) is 0 Å². The van der Waals surface area contributed by atoms with Crippen LogP contribution < -0.4 is 10.2 Å². The maximum absolute atomic E-state index is 12.5. The molecule has 1 heterocycles. The van der Waals surface area contributed by atoms with Crippen molar-refractivity contribution in [1.29, 1.82) is 0 Å². The first kappa shape index (κ1) is 14.9. The Bertz CT molecular complexity index is 693. The second-order valence-corrected chi connectivity index (χ2v) is 6.04. The molecule has 1 N–H and O–H groups in total. The van der Waals surface area contributed by atoms with Gasteiger partial charge in [0.1, 0.15) is 0 Å².